The summed E-state index contributed by atoms with van der Waals surface area (Å²) in [6, 6.07) is 13.0. The maximum absolute atomic E-state index is 13.5. The van der Waals surface area contributed by atoms with Gasteiger partial charge in [-0.2, -0.15) is 0 Å². The number of fused-ring (bicyclic) bond motifs is 2. The van der Waals surface area contributed by atoms with Crippen LogP contribution >= 0.6 is 0 Å². The van der Waals surface area contributed by atoms with Crippen LogP contribution < -0.4 is 10.2 Å². The number of carbonyl (C=O) groups is 1. The number of rotatable bonds is 8. The van der Waals surface area contributed by atoms with Gasteiger partial charge in [-0.3, -0.25) is 0 Å². The van der Waals surface area contributed by atoms with E-state index in [1.165, 1.54) is 31.7 Å². The Morgan fingerprint density at radius 2 is 2.03 bits per heavy atom. The number of nitrogens with zero attached hydrogens (tertiary/aromatic N) is 3. The number of aromatic nitrogens is 2. The maximum atomic E-state index is 13.5. The van der Waals surface area contributed by atoms with Gasteiger partial charge in [-0.15, -0.1) is 0 Å². The molecule has 5 rings (SSSR count). The lowest BCUT2D eigenvalue weighted by Crippen LogP contribution is -2.42. The molecule has 2 unspecified atom stereocenters. The molecule has 1 saturated carbocycles. The molecule has 1 N–H and O–H groups in total. The second kappa shape index (κ2) is 10.0. The Labute approximate surface area is 200 Å². The normalized spacial score (nSPS) is 17.6. The summed E-state index contributed by atoms with van der Waals surface area (Å²) < 4.78 is 21.4. The van der Waals surface area contributed by atoms with E-state index >= 15 is 0 Å². The molecule has 6 nitrogen and oxygen atoms in total. The Balaban J connectivity index is 1.21. The number of benzene rings is 2. The van der Waals surface area contributed by atoms with Crippen LogP contribution in [-0.4, -0.2) is 40.9 Å². The molecule has 1 fully saturated rings. The Hall–Kier alpha value is -3.09. The molecule has 7 heteroatoms. The van der Waals surface area contributed by atoms with Gasteiger partial charge in [0.25, 0.3) is 0 Å². The number of hydrogen-bond donors (Lipinski definition) is 1. The number of imidazole rings is 1. The van der Waals surface area contributed by atoms with Crippen molar-refractivity contribution >= 4 is 22.8 Å². The van der Waals surface area contributed by atoms with Crippen molar-refractivity contribution in [3.63, 3.8) is 0 Å². The number of ether oxygens (including phenoxy) is 1. The first-order valence-corrected chi connectivity index (χ1v) is 12.5. The summed E-state index contributed by atoms with van der Waals surface area (Å²) in [6.45, 7) is 3.99. The largest absolute Gasteiger partial charge is 0.445 e. The van der Waals surface area contributed by atoms with Crippen molar-refractivity contribution in [3.8, 4) is 0 Å². The van der Waals surface area contributed by atoms with E-state index in [-0.39, 0.29) is 24.1 Å². The highest BCUT2D eigenvalue weighted by atomic mass is 19.1. The topological polar surface area (TPSA) is 59.4 Å². The number of para-hydroxylation sites is 2. The fourth-order valence-corrected chi connectivity index (χ4v) is 5.58. The molecule has 0 radical (unpaired) electrons. The monoisotopic (exact) mass is 464 g/mol. The molecule has 1 aromatic heterocycles. The van der Waals surface area contributed by atoms with E-state index in [1.54, 1.807) is 6.07 Å². The van der Waals surface area contributed by atoms with Crippen molar-refractivity contribution in [2.45, 2.75) is 64.1 Å². The van der Waals surface area contributed by atoms with Gasteiger partial charge in [0.15, 0.2) is 0 Å². The van der Waals surface area contributed by atoms with Crippen LogP contribution in [-0.2, 0) is 17.7 Å². The van der Waals surface area contributed by atoms with Crippen molar-refractivity contribution in [3.05, 3.63) is 60.2 Å². The van der Waals surface area contributed by atoms with E-state index in [0.29, 0.717) is 19.0 Å². The number of nitrogens with one attached hydrogen (secondary N) is 1. The number of hydrogen-bond acceptors (Lipinski definition) is 4. The predicted octanol–water partition coefficient (Wildman–Crippen LogP) is 5.30. The summed E-state index contributed by atoms with van der Waals surface area (Å²) >= 11 is 0. The van der Waals surface area contributed by atoms with Crippen LogP contribution in [0, 0.1) is 11.7 Å². The lowest BCUT2D eigenvalue weighted by molar-refractivity contribution is 0.104. The maximum Gasteiger partial charge on any atom is 0.407 e. The van der Waals surface area contributed by atoms with Gasteiger partial charge >= 0.3 is 6.09 Å². The lowest BCUT2D eigenvalue weighted by atomic mass is 9.98. The molecule has 34 heavy (non-hydrogen) atoms. The first-order chi connectivity index (χ1) is 16.5. The first-order valence-electron chi connectivity index (χ1n) is 12.5. The third-order valence-corrected chi connectivity index (χ3v) is 7.18. The van der Waals surface area contributed by atoms with Gasteiger partial charge in [-0.25, -0.2) is 14.2 Å². The van der Waals surface area contributed by atoms with Crippen LogP contribution in [0.5, 0.6) is 0 Å². The SMILES string of the molecule is CC(CN1CCc2cc(F)ccc21)OC(=O)NC(CC1CCCC1)Cn1cnc2ccccc21. The third-order valence-electron chi connectivity index (χ3n) is 7.18. The minimum Gasteiger partial charge on any atom is -0.445 e. The zero-order chi connectivity index (χ0) is 23.5. The van der Waals surface area contributed by atoms with Crippen LogP contribution in [0.25, 0.3) is 11.0 Å². The average Bonchev–Trinajstić information content (AvgIpc) is 3.55. The van der Waals surface area contributed by atoms with Gasteiger partial charge in [0, 0.05) is 18.8 Å². The second-order valence-electron chi connectivity index (χ2n) is 9.80. The summed E-state index contributed by atoms with van der Waals surface area (Å²) in [7, 11) is 0. The van der Waals surface area contributed by atoms with E-state index in [2.05, 4.69) is 25.8 Å². The van der Waals surface area contributed by atoms with E-state index < -0.39 is 0 Å². The minimum absolute atomic E-state index is 0.0177. The van der Waals surface area contributed by atoms with Gasteiger partial charge in [0.2, 0.25) is 0 Å². The zero-order valence-corrected chi connectivity index (χ0v) is 19.8. The standard InChI is InChI=1S/C27H33FN4O2/c1-19(16-31-13-12-21-15-22(28)10-11-25(21)31)34-27(33)30-23(14-20-6-2-3-7-20)17-32-18-29-24-8-4-5-9-26(24)32/h4-5,8-11,15,18-20,23H,2-3,6-7,12-14,16-17H2,1H3,(H,30,33). The molecule has 1 amide bonds. The third kappa shape index (κ3) is 5.18. The molecule has 180 valence electrons. The van der Waals surface area contributed by atoms with E-state index in [9.17, 15) is 9.18 Å². The molecular weight excluding hydrogens is 431 g/mol. The first kappa shape index (κ1) is 22.7. The molecule has 1 aliphatic heterocycles. The highest BCUT2D eigenvalue weighted by Gasteiger charge is 2.25. The molecule has 2 aromatic carbocycles. The Bertz CT molecular complexity index is 1140. The molecule has 2 atom stereocenters. The molecular formula is C27H33FN4O2. The summed E-state index contributed by atoms with van der Waals surface area (Å²) in [4.78, 5) is 19.5. The van der Waals surface area contributed by atoms with Gasteiger partial charge in [0.1, 0.15) is 11.9 Å². The molecule has 0 bridgehead atoms. The Kier molecular flexibility index (Phi) is 6.70. The van der Waals surface area contributed by atoms with Crippen LogP contribution in [0.2, 0.25) is 0 Å². The fraction of sp³-hybridized carbons (Fsp3) is 0.481. The molecule has 0 saturated heterocycles. The zero-order valence-electron chi connectivity index (χ0n) is 19.8. The van der Waals surface area contributed by atoms with Gasteiger partial charge < -0.3 is 19.5 Å². The second-order valence-corrected chi connectivity index (χ2v) is 9.80. The average molecular weight is 465 g/mol. The molecule has 3 aromatic rings. The molecule has 2 aliphatic rings. The van der Waals surface area contributed by atoms with E-state index in [0.717, 1.165) is 41.7 Å². The minimum atomic E-state index is -0.376. The highest BCUT2D eigenvalue weighted by molar-refractivity contribution is 5.75. The summed E-state index contributed by atoms with van der Waals surface area (Å²) in [5, 5.41) is 3.15. The summed E-state index contributed by atoms with van der Waals surface area (Å²) in [5.74, 6) is 0.433. The van der Waals surface area contributed by atoms with Crippen molar-refractivity contribution in [2.75, 3.05) is 18.0 Å². The van der Waals surface area contributed by atoms with E-state index in [1.807, 2.05) is 37.5 Å². The van der Waals surface area contributed by atoms with Gasteiger partial charge in [0.05, 0.1) is 29.9 Å². The van der Waals surface area contributed by atoms with Crippen LogP contribution in [0.15, 0.2) is 48.8 Å². The molecule has 2 heterocycles. The Morgan fingerprint density at radius 1 is 1.21 bits per heavy atom. The van der Waals surface area contributed by atoms with Crippen LogP contribution in [0.1, 0.15) is 44.6 Å². The van der Waals surface area contributed by atoms with E-state index in [4.69, 9.17) is 4.74 Å². The lowest BCUT2D eigenvalue weighted by Gasteiger charge is -2.26. The van der Waals surface area contributed by atoms with Gasteiger partial charge in [-0.05, 0) is 61.6 Å². The fourth-order valence-electron chi connectivity index (χ4n) is 5.58. The van der Waals surface area contributed by atoms with Gasteiger partial charge in [-0.1, -0.05) is 37.8 Å². The smallest absolute Gasteiger partial charge is 0.407 e. The highest BCUT2D eigenvalue weighted by Crippen LogP contribution is 2.30. The summed E-state index contributed by atoms with van der Waals surface area (Å²) in [6.07, 6.45) is 7.95. The number of carbonyl (C=O) groups excluding carboxylic acids is 1. The number of anilines is 1. The van der Waals surface area contributed by atoms with Crippen LogP contribution in [0.3, 0.4) is 0 Å². The molecule has 0 spiro atoms. The van der Waals surface area contributed by atoms with Crippen molar-refractivity contribution in [1.29, 1.82) is 0 Å². The van der Waals surface area contributed by atoms with Crippen molar-refractivity contribution in [1.82, 2.24) is 14.9 Å². The quantitative estimate of drug-likeness (QED) is 0.491. The Morgan fingerprint density at radius 3 is 2.88 bits per heavy atom. The summed E-state index contributed by atoms with van der Waals surface area (Å²) in [5.41, 5.74) is 4.08. The molecule has 1 aliphatic carbocycles. The number of halogens is 1. The number of alkyl carbamates (subject to hydrolysis) is 1. The van der Waals surface area contributed by atoms with Crippen LogP contribution in [0.4, 0.5) is 14.9 Å². The van der Waals surface area contributed by atoms with Crippen molar-refractivity contribution < 1.29 is 13.9 Å². The predicted molar refractivity (Wildman–Crippen MR) is 131 cm³/mol. The van der Waals surface area contributed by atoms with Crippen molar-refractivity contribution in [2.24, 2.45) is 5.92 Å². The number of amides is 1.